The van der Waals surface area contributed by atoms with E-state index in [0.29, 0.717) is 16.9 Å². The van der Waals surface area contributed by atoms with Gasteiger partial charge in [-0.3, -0.25) is 14.7 Å². The van der Waals surface area contributed by atoms with E-state index in [0.717, 1.165) is 11.3 Å². The number of carbonyl (C=O) groups excluding carboxylic acids is 2. The van der Waals surface area contributed by atoms with Crippen LogP contribution in [0.15, 0.2) is 42.9 Å². The van der Waals surface area contributed by atoms with Gasteiger partial charge in [0.25, 0.3) is 5.91 Å². The number of amides is 2. The Balaban J connectivity index is 1.67. The van der Waals surface area contributed by atoms with Crippen LogP contribution in [0.3, 0.4) is 0 Å². The normalized spacial score (nSPS) is 10.5. The Labute approximate surface area is 144 Å². The summed E-state index contributed by atoms with van der Waals surface area (Å²) in [6.07, 6.45) is 4.54. The smallest absolute Gasteiger partial charge is 0.255 e. The standard InChI is InChI=1S/C17H18N6O2/c1-11-5-3-4-6-15(11)23-12(2)14(9-21-23)17(25)18-10-16(24)22-13-7-19-20-8-13/h3-9H,10H2,1-2H3,(H,18,25)(H,19,20)(H,22,24). The van der Waals surface area contributed by atoms with Gasteiger partial charge in [-0.15, -0.1) is 0 Å². The second kappa shape index (κ2) is 7.00. The SMILES string of the molecule is Cc1ccccc1-n1ncc(C(=O)NCC(=O)Nc2cn[nH]c2)c1C. The van der Waals surface area contributed by atoms with Crippen molar-refractivity contribution in [1.82, 2.24) is 25.3 Å². The number of nitrogens with one attached hydrogen (secondary N) is 3. The summed E-state index contributed by atoms with van der Waals surface area (Å²) in [6, 6.07) is 7.79. The first-order valence-electron chi connectivity index (χ1n) is 7.73. The van der Waals surface area contributed by atoms with Crippen LogP contribution in [-0.4, -0.2) is 38.3 Å². The zero-order chi connectivity index (χ0) is 17.8. The van der Waals surface area contributed by atoms with E-state index in [1.54, 1.807) is 10.9 Å². The molecule has 25 heavy (non-hydrogen) atoms. The Morgan fingerprint density at radius 2 is 2.00 bits per heavy atom. The third-order valence-electron chi connectivity index (χ3n) is 3.79. The summed E-state index contributed by atoms with van der Waals surface area (Å²) in [4.78, 5) is 24.2. The lowest BCUT2D eigenvalue weighted by molar-refractivity contribution is -0.115. The molecule has 0 radical (unpaired) electrons. The Bertz CT molecular complexity index is 898. The molecular weight excluding hydrogens is 320 g/mol. The molecule has 0 saturated heterocycles. The molecule has 3 aromatic rings. The van der Waals surface area contributed by atoms with Crippen molar-refractivity contribution < 1.29 is 9.59 Å². The van der Waals surface area contributed by atoms with E-state index in [2.05, 4.69) is 25.9 Å². The van der Waals surface area contributed by atoms with E-state index < -0.39 is 0 Å². The number of H-pyrrole nitrogens is 1. The Morgan fingerprint density at radius 3 is 2.72 bits per heavy atom. The topological polar surface area (TPSA) is 105 Å². The quantitative estimate of drug-likeness (QED) is 0.657. The van der Waals surface area contributed by atoms with Gasteiger partial charge in [0.05, 0.1) is 41.6 Å². The number of benzene rings is 1. The Kier molecular flexibility index (Phi) is 4.60. The number of carbonyl (C=O) groups is 2. The van der Waals surface area contributed by atoms with Crippen LogP contribution in [0.2, 0.25) is 0 Å². The lowest BCUT2D eigenvalue weighted by atomic mass is 10.2. The molecule has 0 spiro atoms. The van der Waals surface area contributed by atoms with Crippen LogP contribution in [0, 0.1) is 13.8 Å². The van der Waals surface area contributed by atoms with Crippen molar-refractivity contribution in [1.29, 1.82) is 0 Å². The summed E-state index contributed by atoms with van der Waals surface area (Å²) in [5.74, 6) is -0.682. The van der Waals surface area contributed by atoms with Gasteiger partial charge in [0, 0.05) is 6.20 Å². The summed E-state index contributed by atoms with van der Waals surface area (Å²) in [6.45, 7) is 3.66. The highest BCUT2D eigenvalue weighted by atomic mass is 16.2. The summed E-state index contributed by atoms with van der Waals surface area (Å²) < 4.78 is 1.72. The van der Waals surface area contributed by atoms with Crippen molar-refractivity contribution in [3.05, 3.63) is 59.7 Å². The van der Waals surface area contributed by atoms with Gasteiger partial charge in [0.2, 0.25) is 5.91 Å². The molecule has 2 heterocycles. The summed E-state index contributed by atoms with van der Waals surface area (Å²) in [5, 5.41) is 15.8. The number of aryl methyl sites for hydroxylation is 1. The molecule has 0 saturated carbocycles. The van der Waals surface area contributed by atoms with Gasteiger partial charge in [0.15, 0.2) is 0 Å². The highest BCUT2D eigenvalue weighted by Gasteiger charge is 2.16. The van der Waals surface area contributed by atoms with Crippen molar-refractivity contribution in [2.24, 2.45) is 0 Å². The number of rotatable bonds is 5. The first kappa shape index (κ1) is 16.4. The van der Waals surface area contributed by atoms with E-state index >= 15 is 0 Å². The van der Waals surface area contributed by atoms with Gasteiger partial charge in [0.1, 0.15) is 0 Å². The number of hydrogen-bond donors (Lipinski definition) is 3. The monoisotopic (exact) mass is 338 g/mol. The van der Waals surface area contributed by atoms with Crippen molar-refractivity contribution in [2.45, 2.75) is 13.8 Å². The lowest BCUT2D eigenvalue weighted by Gasteiger charge is -2.09. The molecule has 0 atom stereocenters. The highest BCUT2D eigenvalue weighted by molar-refractivity contribution is 5.99. The van der Waals surface area contributed by atoms with Gasteiger partial charge in [-0.25, -0.2) is 4.68 Å². The number of aromatic amines is 1. The molecule has 0 bridgehead atoms. The molecule has 0 aliphatic heterocycles. The van der Waals surface area contributed by atoms with Crippen molar-refractivity contribution in [2.75, 3.05) is 11.9 Å². The molecule has 0 aliphatic rings. The van der Waals surface area contributed by atoms with Crippen molar-refractivity contribution >= 4 is 17.5 Å². The van der Waals surface area contributed by atoms with Crippen LogP contribution in [0.1, 0.15) is 21.6 Å². The Morgan fingerprint density at radius 1 is 1.20 bits per heavy atom. The minimum atomic E-state index is -0.348. The van der Waals surface area contributed by atoms with E-state index in [-0.39, 0.29) is 18.4 Å². The minimum Gasteiger partial charge on any atom is -0.343 e. The van der Waals surface area contributed by atoms with Gasteiger partial charge >= 0.3 is 0 Å². The highest BCUT2D eigenvalue weighted by Crippen LogP contribution is 2.17. The maximum Gasteiger partial charge on any atom is 0.255 e. The molecule has 128 valence electrons. The number of nitrogens with zero attached hydrogens (tertiary/aromatic N) is 3. The van der Waals surface area contributed by atoms with Crippen LogP contribution in [0.4, 0.5) is 5.69 Å². The first-order chi connectivity index (χ1) is 12.1. The van der Waals surface area contributed by atoms with E-state index in [9.17, 15) is 9.59 Å². The van der Waals surface area contributed by atoms with Crippen molar-refractivity contribution in [3.63, 3.8) is 0 Å². The second-order valence-corrected chi connectivity index (χ2v) is 5.56. The molecule has 8 heteroatoms. The molecule has 0 aliphatic carbocycles. The van der Waals surface area contributed by atoms with Gasteiger partial charge in [-0.05, 0) is 25.5 Å². The van der Waals surface area contributed by atoms with Crippen LogP contribution in [0.25, 0.3) is 5.69 Å². The Hall–Kier alpha value is -3.42. The number of hydrogen-bond acceptors (Lipinski definition) is 4. The fraction of sp³-hybridized carbons (Fsp3) is 0.176. The molecule has 0 unspecified atom stereocenters. The average Bonchev–Trinajstić information content (AvgIpc) is 3.23. The van der Waals surface area contributed by atoms with Crippen LogP contribution >= 0.6 is 0 Å². The molecule has 1 aromatic carbocycles. The van der Waals surface area contributed by atoms with Crippen LogP contribution in [0.5, 0.6) is 0 Å². The number of para-hydroxylation sites is 1. The fourth-order valence-corrected chi connectivity index (χ4v) is 2.46. The summed E-state index contributed by atoms with van der Waals surface area (Å²) in [7, 11) is 0. The average molecular weight is 338 g/mol. The number of aromatic nitrogens is 4. The van der Waals surface area contributed by atoms with Gasteiger partial charge < -0.3 is 10.6 Å². The third kappa shape index (κ3) is 3.57. The predicted molar refractivity (Wildman–Crippen MR) is 92.6 cm³/mol. The maximum absolute atomic E-state index is 12.3. The number of anilines is 1. The third-order valence-corrected chi connectivity index (χ3v) is 3.79. The van der Waals surface area contributed by atoms with Gasteiger partial charge in [-0.2, -0.15) is 10.2 Å². The van der Waals surface area contributed by atoms with E-state index in [4.69, 9.17) is 0 Å². The fourth-order valence-electron chi connectivity index (χ4n) is 2.46. The lowest BCUT2D eigenvalue weighted by Crippen LogP contribution is -2.33. The van der Waals surface area contributed by atoms with Gasteiger partial charge in [-0.1, -0.05) is 18.2 Å². The van der Waals surface area contributed by atoms with E-state index in [1.807, 2.05) is 38.1 Å². The van der Waals surface area contributed by atoms with Crippen LogP contribution in [-0.2, 0) is 4.79 Å². The summed E-state index contributed by atoms with van der Waals surface area (Å²) in [5.41, 5.74) is 3.65. The van der Waals surface area contributed by atoms with Crippen molar-refractivity contribution in [3.8, 4) is 5.69 Å². The molecule has 8 nitrogen and oxygen atoms in total. The molecule has 3 N–H and O–H groups in total. The second-order valence-electron chi connectivity index (χ2n) is 5.56. The molecule has 3 rings (SSSR count). The van der Waals surface area contributed by atoms with Crippen LogP contribution < -0.4 is 10.6 Å². The largest absolute Gasteiger partial charge is 0.343 e. The first-order valence-corrected chi connectivity index (χ1v) is 7.73. The molecule has 2 aromatic heterocycles. The molecule has 2 amide bonds. The zero-order valence-electron chi connectivity index (χ0n) is 13.9. The summed E-state index contributed by atoms with van der Waals surface area (Å²) >= 11 is 0. The molecule has 0 fully saturated rings. The maximum atomic E-state index is 12.3. The minimum absolute atomic E-state index is 0.140. The molecular formula is C17H18N6O2. The zero-order valence-corrected chi connectivity index (χ0v) is 13.9. The predicted octanol–water partition coefficient (Wildman–Crippen LogP) is 1.58. The van der Waals surface area contributed by atoms with E-state index in [1.165, 1.54) is 12.4 Å².